The molecule has 19 heavy (non-hydrogen) atoms. The number of aryl methyl sites for hydroxylation is 1. The van der Waals surface area contributed by atoms with Crippen molar-refractivity contribution in [3.63, 3.8) is 0 Å². The zero-order valence-electron chi connectivity index (χ0n) is 11.4. The van der Waals surface area contributed by atoms with Crippen LogP contribution >= 0.6 is 12.4 Å². The van der Waals surface area contributed by atoms with Crippen LogP contribution in [0.5, 0.6) is 0 Å². The SMILES string of the molecule is CCc1cccc(NC(=O)CC2CCNCC2)c1.Cl. The van der Waals surface area contributed by atoms with Crippen molar-refractivity contribution < 1.29 is 4.79 Å². The van der Waals surface area contributed by atoms with E-state index in [-0.39, 0.29) is 18.3 Å². The van der Waals surface area contributed by atoms with E-state index in [0.29, 0.717) is 12.3 Å². The summed E-state index contributed by atoms with van der Waals surface area (Å²) in [5.74, 6) is 0.691. The third-order valence-corrected chi connectivity index (χ3v) is 3.55. The number of anilines is 1. The maximum atomic E-state index is 11.9. The fraction of sp³-hybridized carbons (Fsp3) is 0.533. The molecule has 0 unspecified atom stereocenters. The number of carbonyl (C=O) groups excluding carboxylic acids is 1. The highest BCUT2D eigenvalue weighted by Gasteiger charge is 2.16. The van der Waals surface area contributed by atoms with Crippen molar-refractivity contribution in [2.75, 3.05) is 18.4 Å². The monoisotopic (exact) mass is 282 g/mol. The summed E-state index contributed by atoms with van der Waals surface area (Å²) in [6.45, 7) is 4.21. The highest BCUT2D eigenvalue weighted by atomic mass is 35.5. The fourth-order valence-corrected chi connectivity index (χ4v) is 2.43. The third-order valence-electron chi connectivity index (χ3n) is 3.55. The second-order valence-corrected chi connectivity index (χ2v) is 5.00. The maximum Gasteiger partial charge on any atom is 0.224 e. The molecule has 106 valence electrons. The van der Waals surface area contributed by atoms with Gasteiger partial charge in [-0.05, 0) is 56.0 Å². The minimum absolute atomic E-state index is 0. The van der Waals surface area contributed by atoms with E-state index in [0.717, 1.165) is 38.0 Å². The van der Waals surface area contributed by atoms with Crippen molar-refractivity contribution in [1.29, 1.82) is 0 Å². The van der Waals surface area contributed by atoms with Gasteiger partial charge in [0.2, 0.25) is 5.91 Å². The maximum absolute atomic E-state index is 11.9. The van der Waals surface area contributed by atoms with Crippen molar-refractivity contribution in [3.05, 3.63) is 29.8 Å². The van der Waals surface area contributed by atoms with Crippen LogP contribution in [0.15, 0.2) is 24.3 Å². The molecule has 1 amide bonds. The molecule has 1 saturated heterocycles. The van der Waals surface area contributed by atoms with Crippen LogP contribution < -0.4 is 10.6 Å². The molecule has 0 aliphatic carbocycles. The van der Waals surface area contributed by atoms with Crippen LogP contribution in [0.2, 0.25) is 0 Å². The average molecular weight is 283 g/mol. The zero-order chi connectivity index (χ0) is 12.8. The number of piperidine rings is 1. The highest BCUT2D eigenvalue weighted by molar-refractivity contribution is 5.90. The summed E-state index contributed by atoms with van der Waals surface area (Å²) in [6, 6.07) is 8.10. The molecular weight excluding hydrogens is 260 g/mol. The normalized spacial score (nSPS) is 15.6. The molecule has 0 bridgehead atoms. The van der Waals surface area contributed by atoms with Gasteiger partial charge in [0.05, 0.1) is 0 Å². The second kappa shape index (κ2) is 8.18. The highest BCUT2D eigenvalue weighted by Crippen LogP contribution is 2.17. The molecule has 4 heteroatoms. The lowest BCUT2D eigenvalue weighted by atomic mass is 9.94. The molecule has 1 aliphatic rings. The first-order valence-electron chi connectivity index (χ1n) is 6.87. The van der Waals surface area contributed by atoms with E-state index in [1.807, 2.05) is 12.1 Å². The Balaban J connectivity index is 0.00000180. The first-order chi connectivity index (χ1) is 8.78. The fourth-order valence-electron chi connectivity index (χ4n) is 2.43. The van der Waals surface area contributed by atoms with Crippen molar-refractivity contribution >= 4 is 24.0 Å². The number of hydrogen-bond donors (Lipinski definition) is 2. The third kappa shape index (κ3) is 5.21. The lowest BCUT2D eigenvalue weighted by Gasteiger charge is -2.21. The first kappa shape index (κ1) is 16.0. The van der Waals surface area contributed by atoms with Crippen molar-refractivity contribution in [2.24, 2.45) is 5.92 Å². The lowest BCUT2D eigenvalue weighted by Crippen LogP contribution is -2.30. The number of carbonyl (C=O) groups is 1. The van der Waals surface area contributed by atoms with Crippen molar-refractivity contribution in [1.82, 2.24) is 5.32 Å². The molecule has 2 rings (SSSR count). The molecule has 2 N–H and O–H groups in total. The number of amides is 1. The number of benzene rings is 1. The van der Waals surface area contributed by atoms with Gasteiger partial charge < -0.3 is 10.6 Å². The Morgan fingerprint density at radius 2 is 2.11 bits per heavy atom. The van der Waals surface area contributed by atoms with Gasteiger partial charge in [0.25, 0.3) is 0 Å². The minimum Gasteiger partial charge on any atom is -0.326 e. The topological polar surface area (TPSA) is 41.1 Å². The minimum atomic E-state index is 0. The Bertz CT molecular complexity index is 403. The molecule has 1 aliphatic heterocycles. The summed E-state index contributed by atoms with van der Waals surface area (Å²) in [6.07, 6.45) is 3.88. The lowest BCUT2D eigenvalue weighted by molar-refractivity contribution is -0.117. The summed E-state index contributed by atoms with van der Waals surface area (Å²) in [4.78, 5) is 11.9. The molecule has 0 radical (unpaired) electrons. The van der Waals surface area contributed by atoms with Crippen LogP contribution in [0.1, 0.15) is 31.7 Å². The van der Waals surface area contributed by atoms with Crippen LogP contribution in [-0.4, -0.2) is 19.0 Å². The van der Waals surface area contributed by atoms with E-state index in [9.17, 15) is 4.79 Å². The van der Waals surface area contributed by atoms with Gasteiger partial charge in [-0.15, -0.1) is 12.4 Å². The summed E-state index contributed by atoms with van der Waals surface area (Å²) < 4.78 is 0. The van der Waals surface area contributed by atoms with Gasteiger partial charge in [-0.1, -0.05) is 19.1 Å². The van der Waals surface area contributed by atoms with Crippen LogP contribution in [0.25, 0.3) is 0 Å². The largest absolute Gasteiger partial charge is 0.326 e. The van der Waals surface area contributed by atoms with E-state index in [1.165, 1.54) is 5.56 Å². The van der Waals surface area contributed by atoms with Crippen LogP contribution in [-0.2, 0) is 11.2 Å². The van der Waals surface area contributed by atoms with Gasteiger partial charge in [-0.3, -0.25) is 4.79 Å². The number of nitrogens with one attached hydrogen (secondary N) is 2. The summed E-state index contributed by atoms with van der Waals surface area (Å²) in [5.41, 5.74) is 2.18. The zero-order valence-corrected chi connectivity index (χ0v) is 12.3. The Hall–Kier alpha value is -1.06. The molecule has 3 nitrogen and oxygen atoms in total. The molecule has 1 aromatic rings. The predicted molar refractivity (Wildman–Crippen MR) is 81.9 cm³/mol. The van der Waals surface area contributed by atoms with Crippen LogP contribution in [0.4, 0.5) is 5.69 Å². The average Bonchev–Trinajstić information content (AvgIpc) is 2.40. The van der Waals surface area contributed by atoms with Crippen LogP contribution in [0.3, 0.4) is 0 Å². The van der Waals surface area contributed by atoms with Gasteiger partial charge in [-0.25, -0.2) is 0 Å². The quantitative estimate of drug-likeness (QED) is 0.891. The number of rotatable bonds is 4. The Kier molecular flexibility index (Phi) is 6.89. The van der Waals surface area contributed by atoms with Crippen molar-refractivity contribution in [3.8, 4) is 0 Å². The molecule has 0 aromatic heterocycles. The van der Waals surface area contributed by atoms with E-state index in [4.69, 9.17) is 0 Å². The summed E-state index contributed by atoms with van der Waals surface area (Å²) in [7, 11) is 0. The van der Waals surface area contributed by atoms with Gasteiger partial charge in [0, 0.05) is 12.1 Å². The predicted octanol–water partition coefficient (Wildman–Crippen LogP) is 3.00. The smallest absolute Gasteiger partial charge is 0.224 e. The van der Waals surface area contributed by atoms with E-state index in [1.54, 1.807) is 0 Å². The Labute approximate surface area is 121 Å². The van der Waals surface area contributed by atoms with E-state index in [2.05, 4.69) is 29.7 Å². The Morgan fingerprint density at radius 3 is 2.79 bits per heavy atom. The number of halogens is 1. The van der Waals surface area contributed by atoms with Gasteiger partial charge in [0.15, 0.2) is 0 Å². The van der Waals surface area contributed by atoms with Gasteiger partial charge >= 0.3 is 0 Å². The van der Waals surface area contributed by atoms with Crippen LogP contribution in [0, 0.1) is 5.92 Å². The Morgan fingerprint density at radius 1 is 1.37 bits per heavy atom. The standard InChI is InChI=1S/C15H22N2O.ClH/c1-2-12-4-3-5-14(10-12)17-15(18)11-13-6-8-16-9-7-13;/h3-5,10,13,16H,2,6-9,11H2,1H3,(H,17,18);1H. The van der Waals surface area contributed by atoms with Gasteiger partial charge in [0.1, 0.15) is 0 Å². The molecule has 1 fully saturated rings. The van der Waals surface area contributed by atoms with E-state index < -0.39 is 0 Å². The molecular formula is C15H23ClN2O. The molecule has 1 aromatic carbocycles. The molecule has 0 spiro atoms. The molecule has 0 atom stereocenters. The summed E-state index contributed by atoms with van der Waals surface area (Å²) >= 11 is 0. The van der Waals surface area contributed by atoms with Gasteiger partial charge in [-0.2, -0.15) is 0 Å². The summed E-state index contributed by atoms with van der Waals surface area (Å²) in [5, 5.41) is 6.33. The molecule has 1 heterocycles. The molecule has 0 saturated carbocycles. The number of hydrogen-bond acceptors (Lipinski definition) is 2. The second-order valence-electron chi connectivity index (χ2n) is 5.00. The van der Waals surface area contributed by atoms with Crippen molar-refractivity contribution in [2.45, 2.75) is 32.6 Å². The first-order valence-corrected chi connectivity index (χ1v) is 6.87. The van der Waals surface area contributed by atoms with E-state index >= 15 is 0 Å².